The Balaban J connectivity index is 1.88. The predicted molar refractivity (Wildman–Crippen MR) is 90.5 cm³/mol. The number of benzene rings is 1. The van der Waals surface area contributed by atoms with Gasteiger partial charge in [0.15, 0.2) is 11.8 Å². The third kappa shape index (κ3) is 5.11. The molecule has 1 N–H and O–H groups in total. The van der Waals surface area contributed by atoms with Crippen LogP contribution < -0.4 is 10.1 Å². The number of carbonyl (C=O) groups excluding carboxylic acids is 2. The molecule has 0 atom stereocenters. The summed E-state index contributed by atoms with van der Waals surface area (Å²) in [5.74, 6) is -0.581. The largest absolute Gasteiger partial charge is 0.496 e. The van der Waals surface area contributed by atoms with Gasteiger partial charge in [-0.1, -0.05) is 23.2 Å². The molecule has 6 nitrogen and oxygen atoms in total. The van der Waals surface area contributed by atoms with Crippen LogP contribution >= 0.6 is 23.2 Å². The highest BCUT2D eigenvalue weighted by atomic mass is 35.5. The van der Waals surface area contributed by atoms with Crippen LogP contribution in [0, 0.1) is 0 Å². The van der Waals surface area contributed by atoms with Crippen molar-refractivity contribution < 1.29 is 19.1 Å². The van der Waals surface area contributed by atoms with Crippen LogP contribution in [0.25, 0.3) is 0 Å². The summed E-state index contributed by atoms with van der Waals surface area (Å²) in [6.07, 6.45) is 1.43. The van der Waals surface area contributed by atoms with E-state index >= 15 is 0 Å². The monoisotopic (exact) mass is 368 g/mol. The maximum absolute atomic E-state index is 11.9. The van der Waals surface area contributed by atoms with E-state index in [1.165, 1.54) is 13.3 Å². The standard InChI is InChI=1S/C16H14Cl2N2O4/c1-23-13-5-4-11(17)7-10(13)8-15(22)24-9-14(21)20-12-3-2-6-19-16(12)18/h2-7H,8-9H2,1H3,(H,20,21). The van der Waals surface area contributed by atoms with Crippen molar-refractivity contribution in [2.24, 2.45) is 0 Å². The number of halogens is 2. The molecule has 1 amide bonds. The fourth-order valence-corrected chi connectivity index (χ4v) is 2.26. The quantitative estimate of drug-likeness (QED) is 0.625. The van der Waals surface area contributed by atoms with Crippen LogP contribution in [0.4, 0.5) is 5.69 Å². The highest BCUT2D eigenvalue weighted by Crippen LogP contribution is 2.23. The molecule has 0 bridgehead atoms. The Morgan fingerprint density at radius 3 is 2.75 bits per heavy atom. The van der Waals surface area contributed by atoms with E-state index in [4.69, 9.17) is 32.7 Å². The molecule has 2 rings (SSSR count). The fourth-order valence-electron chi connectivity index (χ4n) is 1.90. The van der Waals surface area contributed by atoms with Crippen LogP contribution in [-0.4, -0.2) is 30.6 Å². The van der Waals surface area contributed by atoms with Crippen molar-refractivity contribution in [1.82, 2.24) is 4.98 Å². The van der Waals surface area contributed by atoms with E-state index in [0.29, 0.717) is 22.0 Å². The SMILES string of the molecule is COc1ccc(Cl)cc1CC(=O)OCC(=O)Nc1cccnc1Cl. The van der Waals surface area contributed by atoms with Gasteiger partial charge in [-0.3, -0.25) is 9.59 Å². The van der Waals surface area contributed by atoms with Gasteiger partial charge in [-0.25, -0.2) is 4.98 Å². The van der Waals surface area contributed by atoms with Crippen LogP contribution in [-0.2, 0) is 20.7 Å². The van der Waals surface area contributed by atoms with E-state index in [1.807, 2.05) is 0 Å². The molecular weight excluding hydrogens is 355 g/mol. The summed E-state index contributed by atoms with van der Waals surface area (Å²) in [5, 5.41) is 3.13. The van der Waals surface area contributed by atoms with Gasteiger partial charge in [0.2, 0.25) is 0 Å². The maximum Gasteiger partial charge on any atom is 0.310 e. The second-order valence-electron chi connectivity index (χ2n) is 4.68. The Morgan fingerprint density at radius 2 is 2.04 bits per heavy atom. The minimum absolute atomic E-state index is 0.0648. The molecule has 0 saturated carbocycles. The number of aromatic nitrogens is 1. The number of hydrogen-bond acceptors (Lipinski definition) is 5. The third-order valence-electron chi connectivity index (χ3n) is 2.97. The van der Waals surface area contributed by atoms with E-state index in [0.717, 1.165) is 0 Å². The van der Waals surface area contributed by atoms with Crippen molar-refractivity contribution >= 4 is 40.8 Å². The zero-order valence-electron chi connectivity index (χ0n) is 12.7. The molecule has 0 aliphatic heterocycles. The summed E-state index contributed by atoms with van der Waals surface area (Å²) in [6, 6.07) is 8.13. The van der Waals surface area contributed by atoms with Crippen molar-refractivity contribution in [1.29, 1.82) is 0 Å². The zero-order chi connectivity index (χ0) is 17.5. The molecule has 8 heteroatoms. The molecule has 0 aliphatic rings. The van der Waals surface area contributed by atoms with E-state index in [2.05, 4.69) is 10.3 Å². The minimum Gasteiger partial charge on any atom is -0.496 e. The molecule has 1 aromatic heterocycles. The molecule has 0 radical (unpaired) electrons. The molecule has 0 fully saturated rings. The van der Waals surface area contributed by atoms with Gasteiger partial charge >= 0.3 is 5.97 Å². The fraction of sp³-hybridized carbons (Fsp3) is 0.188. The van der Waals surface area contributed by atoms with Gasteiger partial charge in [0, 0.05) is 16.8 Å². The predicted octanol–water partition coefficient (Wildman–Crippen LogP) is 3.12. The molecule has 0 aliphatic carbocycles. The number of esters is 1. The van der Waals surface area contributed by atoms with E-state index < -0.39 is 18.5 Å². The van der Waals surface area contributed by atoms with Crippen molar-refractivity contribution in [3.8, 4) is 5.75 Å². The number of nitrogens with one attached hydrogen (secondary N) is 1. The molecule has 0 saturated heterocycles. The van der Waals surface area contributed by atoms with Gasteiger partial charge in [-0.2, -0.15) is 0 Å². The molecule has 1 aromatic carbocycles. The summed E-state index contributed by atoms with van der Waals surface area (Å²) in [6.45, 7) is -0.438. The lowest BCUT2D eigenvalue weighted by molar-refractivity contribution is -0.146. The van der Waals surface area contributed by atoms with Crippen molar-refractivity contribution in [2.45, 2.75) is 6.42 Å². The van der Waals surface area contributed by atoms with Gasteiger partial charge in [-0.05, 0) is 30.3 Å². The summed E-state index contributed by atoms with van der Waals surface area (Å²) < 4.78 is 10.1. The lowest BCUT2D eigenvalue weighted by Crippen LogP contribution is -2.22. The molecule has 126 valence electrons. The van der Waals surface area contributed by atoms with Crippen molar-refractivity contribution in [3.63, 3.8) is 0 Å². The van der Waals surface area contributed by atoms with Gasteiger partial charge < -0.3 is 14.8 Å². The van der Waals surface area contributed by atoms with E-state index in [1.54, 1.807) is 30.3 Å². The average Bonchev–Trinajstić information content (AvgIpc) is 2.55. The normalized spacial score (nSPS) is 10.1. The van der Waals surface area contributed by atoms with Crippen LogP contribution in [0.3, 0.4) is 0 Å². The molecule has 0 unspecified atom stereocenters. The van der Waals surface area contributed by atoms with Gasteiger partial charge in [0.05, 0.1) is 19.2 Å². The Hall–Kier alpha value is -2.31. The first kappa shape index (κ1) is 18.0. The summed E-state index contributed by atoms with van der Waals surface area (Å²) >= 11 is 11.7. The third-order valence-corrected chi connectivity index (χ3v) is 3.51. The number of methoxy groups -OCH3 is 1. The molecule has 0 spiro atoms. The highest BCUT2D eigenvalue weighted by Gasteiger charge is 2.13. The molecule has 24 heavy (non-hydrogen) atoms. The van der Waals surface area contributed by atoms with Gasteiger partial charge in [0.1, 0.15) is 5.75 Å². The average molecular weight is 369 g/mol. The Labute approximate surface area is 148 Å². The number of ether oxygens (including phenoxy) is 2. The summed E-state index contributed by atoms with van der Waals surface area (Å²) in [7, 11) is 1.49. The number of pyridine rings is 1. The number of hydrogen-bond donors (Lipinski definition) is 1. The van der Waals surface area contributed by atoms with Crippen LogP contribution in [0.2, 0.25) is 10.2 Å². The lowest BCUT2D eigenvalue weighted by Gasteiger charge is -2.10. The van der Waals surface area contributed by atoms with E-state index in [9.17, 15) is 9.59 Å². The first-order valence-corrected chi connectivity index (χ1v) is 7.63. The first-order valence-electron chi connectivity index (χ1n) is 6.88. The Morgan fingerprint density at radius 1 is 1.25 bits per heavy atom. The highest BCUT2D eigenvalue weighted by molar-refractivity contribution is 6.32. The zero-order valence-corrected chi connectivity index (χ0v) is 14.2. The van der Waals surface area contributed by atoms with Gasteiger partial charge in [0.25, 0.3) is 5.91 Å². The molecule has 2 aromatic rings. The van der Waals surface area contributed by atoms with E-state index in [-0.39, 0.29) is 11.6 Å². The minimum atomic E-state index is -0.581. The number of anilines is 1. The van der Waals surface area contributed by atoms with Gasteiger partial charge in [-0.15, -0.1) is 0 Å². The van der Waals surface area contributed by atoms with Crippen LogP contribution in [0.1, 0.15) is 5.56 Å². The molecule has 1 heterocycles. The summed E-state index contributed by atoms with van der Waals surface area (Å²) in [5.41, 5.74) is 0.919. The topological polar surface area (TPSA) is 77.5 Å². The second-order valence-corrected chi connectivity index (χ2v) is 5.48. The Kier molecular flexibility index (Phi) is 6.40. The number of nitrogens with zero attached hydrogens (tertiary/aromatic N) is 1. The maximum atomic E-state index is 11.9. The van der Waals surface area contributed by atoms with Crippen LogP contribution in [0.15, 0.2) is 36.5 Å². The van der Waals surface area contributed by atoms with Crippen molar-refractivity contribution in [2.75, 3.05) is 19.0 Å². The van der Waals surface area contributed by atoms with Crippen molar-refractivity contribution in [3.05, 3.63) is 52.3 Å². The second kappa shape index (κ2) is 8.52. The number of rotatable bonds is 6. The Bertz CT molecular complexity index is 753. The van der Waals surface area contributed by atoms with Crippen LogP contribution in [0.5, 0.6) is 5.75 Å². The summed E-state index contributed by atoms with van der Waals surface area (Å²) in [4.78, 5) is 27.5. The smallest absolute Gasteiger partial charge is 0.310 e. The first-order chi connectivity index (χ1) is 11.5. The molecular formula is C16H14Cl2N2O4. The number of amides is 1. The lowest BCUT2D eigenvalue weighted by atomic mass is 10.1. The number of carbonyl (C=O) groups is 2.